The summed E-state index contributed by atoms with van der Waals surface area (Å²) in [6.45, 7) is 2.22. The van der Waals surface area contributed by atoms with Gasteiger partial charge >= 0.3 is 5.97 Å². The lowest BCUT2D eigenvalue weighted by atomic mass is 10.2. The maximum Gasteiger partial charge on any atom is 0.305 e. The molecule has 0 bridgehead atoms. The molecule has 1 N–H and O–H groups in total. The highest BCUT2D eigenvalue weighted by Gasteiger charge is 1.99. The summed E-state index contributed by atoms with van der Waals surface area (Å²) in [5, 5.41) is 8.53. The van der Waals surface area contributed by atoms with Gasteiger partial charge in [0.25, 0.3) is 0 Å². The van der Waals surface area contributed by atoms with Crippen LogP contribution >= 0.6 is 0 Å². The Morgan fingerprint density at radius 3 is 1.84 bits per heavy atom. The Hall–Kier alpha value is -1.61. The molecule has 0 saturated carbocycles. The maximum absolute atomic E-state index is 11.2. The fourth-order valence-electron chi connectivity index (χ4n) is 2.16. The highest BCUT2D eigenvalue weighted by atomic mass is 16.5. The quantitative estimate of drug-likeness (QED) is 0.222. The fraction of sp³-hybridized carbons (Fsp3) is 0.591. The van der Waals surface area contributed by atoms with Crippen molar-refractivity contribution in [2.75, 3.05) is 13.2 Å². The van der Waals surface area contributed by atoms with Crippen LogP contribution < -0.4 is 0 Å². The van der Waals surface area contributed by atoms with Crippen LogP contribution in [-0.2, 0) is 9.53 Å². The van der Waals surface area contributed by atoms with Crippen molar-refractivity contribution in [2.45, 2.75) is 71.1 Å². The molecule has 0 rings (SSSR count). The monoisotopic (exact) mass is 348 g/mol. The molecule has 25 heavy (non-hydrogen) atoms. The smallest absolute Gasteiger partial charge is 0.305 e. The van der Waals surface area contributed by atoms with Gasteiger partial charge in [0, 0.05) is 6.42 Å². The van der Waals surface area contributed by atoms with Crippen molar-refractivity contribution < 1.29 is 14.6 Å². The van der Waals surface area contributed by atoms with E-state index in [1.54, 1.807) is 0 Å². The van der Waals surface area contributed by atoms with E-state index >= 15 is 0 Å². The van der Waals surface area contributed by atoms with E-state index < -0.39 is 0 Å². The number of carbonyl (C=O) groups is 1. The summed E-state index contributed by atoms with van der Waals surface area (Å²) in [6.07, 6.45) is 27.7. The molecule has 0 amide bonds. The second kappa shape index (κ2) is 20.4. The van der Waals surface area contributed by atoms with Crippen molar-refractivity contribution in [1.82, 2.24) is 0 Å². The van der Waals surface area contributed by atoms with Crippen LogP contribution in [0.5, 0.6) is 0 Å². The summed E-state index contributed by atoms with van der Waals surface area (Å²) in [7, 11) is 0. The molecule has 0 heterocycles. The number of aliphatic hydroxyl groups is 1. The van der Waals surface area contributed by atoms with E-state index in [1.807, 2.05) is 0 Å². The van der Waals surface area contributed by atoms with Gasteiger partial charge in [0.2, 0.25) is 0 Å². The standard InChI is InChI=1S/C22H36O3/c1-2-3-4-5-6-7-8-9-10-11-12-13-14-15-16-17-18-19-22(24)25-21-20-23/h6-7,9-10,12-13,15-16,23H,2-5,8,11,14,17-21H2,1H3/b7-6+,10-9+,13-12+,16-15+. The van der Waals surface area contributed by atoms with Crippen LogP contribution in [0.25, 0.3) is 0 Å². The Kier molecular flexibility index (Phi) is 19.1. The number of esters is 1. The van der Waals surface area contributed by atoms with Crippen molar-refractivity contribution in [1.29, 1.82) is 0 Å². The van der Waals surface area contributed by atoms with E-state index in [1.165, 1.54) is 25.7 Å². The van der Waals surface area contributed by atoms with Crippen molar-refractivity contribution in [3.8, 4) is 0 Å². The van der Waals surface area contributed by atoms with E-state index in [0.717, 1.165) is 32.1 Å². The summed E-state index contributed by atoms with van der Waals surface area (Å²) in [5.41, 5.74) is 0. The lowest BCUT2D eigenvalue weighted by Gasteiger charge is -2.00. The van der Waals surface area contributed by atoms with Crippen LogP contribution in [0, 0.1) is 0 Å². The van der Waals surface area contributed by atoms with Gasteiger partial charge in [-0.2, -0.15) is 0 Å². The second-order valence-corrected chi connectivity index (χ2v) is 5.92. The molecule has 0 aromatic carbocycles. The van der Waals surface area contributed by atoms with Crippen molar-refractivity contribution in [2.24, 2.45) is 0 Å². The first-order valence-electron chi connectivity index (χ1n) is 9.67. The average molecular weight is 349 g/mol. The minimum absolute atomic E-state index is 0.100. The molecule has 0 atom stereocenters. The zero-order chi connectivity index (χ0) is 18.4. The normalized spacial score (nSPS) is 12.2. The first-order valence-corrected chi connectivity index (χ1v) is 9.67. The zero-order valence-corrected chi connectivity index (χ0v) is 15.9. The Bertz CT molecular complexity index is 405. The van der Waals surface area contributed by atoms with Gasteiger partial charge in [-0.15, -0.1) is 0 Å². The summed E-state index contributed by atoms with van der Waals surface area (Å²) >= 11 is 0. The van der Waals surface area contributed by atoms with Gasteiger partial charge in [-0.1, -0.05) is 68.4 Å². The summed E-state index contributed by atoms with van der Waals surface area (Å²) < 4.78 is 4.79. The van der Waals surface area contributed by atoms with Gasteiger partial charge in [-0.25, -0.2) is 0 Å². The number of carbonyl (C=O) groups excluding carboxylic acids is 1. The van der Waals surface area contributed by atoms with Crippen LogP contribution in [0.1, 0.15) is 71.1 Å². The first kappa shape index (κ1) is 23.4. The molecule has 0 aliphatic heterocycles. The van der Waals surface area contributed by atoms with Crippen LogP contribution in [0.3, 0.4) is 0 Å². The number of hydrogen-bond acceptors (Lipinski definition) is 3. The average Bonchev–Trinajstić information content (AvgIpc) is 2.62. The van der Waals surface area contributed by atoms with E-state index in [9.17, 15) is 4.79 Å². The molecule has 0 fully saturated rings. The molecule has 0 radical (unpaired) electrons. The highest BCUT2D eigenvalue weighted by Crippen LogP contribution is 2.02. The molecule has 0 unspecified atom stereocenters. The minimum Gasteiger partial charge on any atom is -0.463 e. The van der Waals surface area contributed by atoms with Gasteiger partial charge in [-0.05, 0) is 44.9 Å². The van der Waals surface area contributed by atoms with Gasteiger partial charge in [0.15, 0.2) is 0 Å². The largest absolute Gasteiger partial charge is 0.463 e. The third-order valence-electron chi connectivity index (χ3n) is 3.56. The molecule has 3 heteroatoms. The lowest BCUT2D eigenvalue weighted by molar-refractivity contribution is -0.144. The number of allylic oxidation sites excluding steroid dienone is 8. The minimum atomic E-state index is -0.232. The number of ether oxygens (including phenoxy) is 1. The third-order valence-corrected chi connectivity index (χ3v) is 3.56. The molecule has 0 aliphatic carbocycles. The summed E-state index contributed by atoms with van der Waals surface area (Å²) in [6, 6.07) is 0. The SMILES string of the molecule is CCCCC/C=C/C/C=C/C/C=C/C/C=C/CCCC(=O)OCCO. The Morgan fingerprint density at radius 1 is 0.800 bits per heavy atom. The van der Waals surface area contributed by atoms with E-state index in [4.69, 9.17) is 9.84 Å². The predicted molar refractivity (Wildman–Crippen MR) is 106 cm³/mol. The zero-order valence-electron chi connectivity index (χ0n) is 15.9. The van der Waals surface area contributed by atoms with E-state index in [-0.39, 0.29) is 19.2 Å². The molecule has 0 aromatic heterocycles. The summed E-state index contributed by atoms with van der Waals surface area (Å²) in [4.78, 5) is 11.2. The van der Waals surface area contributed by atoms with Crippen molar-refractivity contribution in [3.05, 3.63) is 48.6 Å². The van der Waals surface area contributed by atoms with Gasteiger partial charge in [-0.3, -0.25) is 4.79 Å². The second-order valence-electron chi connectivity index (χ2n) is 5.92. The number of aliphatic hydroxyl groups excluding tert-OH is 1. The molecule has 0 saturated heterocycles. The third kappa shape index (κ3) is 20.3. The Morgan fingerprint density at radius 2 is 1.32 bits per heavy atom. The van der Waals surface area contributed by atoms with Gasteiger partial charge < -0.3 is 9.84 Å². The predicted octanol–water partition coefficient (Wildman–Crippen LogP) is 5.67. The number of unbranched alkanes of at least 4 members (excludes halogenated alkanes) is 4. The molecule has 0 aliphatic rings. The maximum atomic E-state index is 11.2. The number of rotatable bonds is 16. The number of hydrogen-bond donors (Lipinski definition) is 1. The molecule has 0 aromatic rings. The molecule has 0 spiro atoms. The van der Waals surface area contributed by atoms with Crippen LogP contribution in [-0.4, -0.2) is 24.3 Å². The lowest BCUT2D eigenvalue weighted by Crippen LogP contribution is -2.07. The fourth-order valence-corrected chi connectivity index (χ4v) is 2.16. The molecular weight excluding hydrogens is 312 g/mol. The Labute approximate surface area is 154 Å². The van der Waals surface area contributed by atoms with Crippen LogP contribution in [0.2, 0.25) is 0 Å². The molecular formula is C22H36O3. The summed E-state index contributed by atoms with van der Waals surface area (Å²) in [5.74, 6) is -0.232. The van der Waals surface area contributed by atoms with Crippen molar-refractivity contribution >= 4 is 5.97 Å². The highest BCUT2D eigenvalue weighted by molar-refractivity contribution is 5.69. The topological polar surface area (TPSA) is 46.5 Å². The van der Waals surface area contributed by atoms with E-state index in [2.05, 4.69) is 55.5 Å². The van der Waals surface area contributed by atoms with Crippen LogP contribution in [0.15, 0.2) is 48.6 Å². The van der Waals surface area contributed by atoms with Crippen LogP contribution in [0.4, 0.5) is 0 Å². The first-order chi connectivity index (χ1) is 12.3. The van der Waals surface area contributed by atoms with E-state index in [0.29, 0.717) is 6.42 Å². The van der Waals surface area contributed by atoms with Crippen molar-refractivity contribution in [3.63, 3.8) is 0 Å². The molecule has 142 valence electrons. The molecule has 3 nitrogen and oxygen atoms in total. The van der Waals surface area contributed by atoms with Gasteiger partial charge in [0.05, 0.1) is 6.61 Å². The van der Waals surface area contributed by atoms with Gasteiger partial charge in [0.1, 0.15) is 6.61 Å². The Balaban J connectivity index is 3.44.